The van der Waals surface area contributed by atoms with Crippen LogP contribution in [0.3, 0.4) is 0 Å². The standard InChI is InChI=1S/C14H17ClN2O3/c1-14(13(19)20)2-4-17(5-3-14)12(18)9-6-10(15)8-11(16)7-9/h6-8H,2-5,16H2,1H3,(H,19,20). The lowest BCUT2D eigenvalue weighted by Gasteiger charge is -2.36. The first kappa shape index (κ1) is 14.7. The molecule has 1 amide bonds. The number of anilines is 1. The summed E-state index contributed by atoms with van der Waals surface area (Å²) in [4.78, 5) is 25.2. The molecule has 1 heterocycles. The second kappa shape index (κ2) is 5.32. The number of carboxylic acid groups (broad SMARTS) is 1. The summed E-state index contributed by atoms with van der Waals surface area (Å²) in [7, 11) is 0. The summed E-state index contributed by atoms with van der Waals surface area (Å²) in [5.74, 6) is -0.969. The summed E-state index contributed by atoms with van der Waals surface area (Å²) in [5, 5.41) is 9.59. The van der Waals surface area contributed by atoms with E-state index in [-0.39, 0.29) is 5.91 Å². The van der Waals surface area contributed by atoms with E-state index in [1.54, 1.807) is 30.0 Å². The average molecular weight is 297 g/mol. The molecule has 1 aromatic rings. The Labute approximate surface area is 122 Å². The summed E-state index contributed by atoms with van der Waals surface area (Å²) in [6, 6.07) is 4.74. The number of carbonyl (C=O) groups excluding carboxylic acids is 1. The minimum atomic E-state index is -0.809. The van der Waals surface area contributed by atoms with Crippen LogP contribution in [0.4, 0.5) is 5.69 Å². The highest BCUT2D eigenvalue weighted by molar-refractivity contribution is 6.31. The minimum Gasteiger partial charge on any atom is -0.481 e. The van der Waals surface area contributed by atoms with Crippen molar-refractivity contribution in [2.75, 3.05) is 18.8 Å². The average Bonchev–Trinajstić information content (AvgIpc) is 2.37. The van der Waals surface area contributed by atoms with E-state index in [4.69, 9.17) is 17.3 Å². The third-order valence-electron chi connectivity index (χ3n) is 3.84. The van der Waals surface area contributed by atoms with E-state index in [0.717, 1.165) is 0 Å². The Morgan fingerprint density at radius 2 is 1.90 bits per heavy atom. The van der Waals surface area contributed by atoms with Crippen molar-refractivity contribution in [3.63, 3.8) is 0 Å². The van der Waals surface area contributed by atoms with Gasteiger partial charge in [0.2, 0.25) is 0 Å². The van der Waals surface area contributed by atoms with Crippen LogP contribution in [0.2, 0.25) is 5.02 Å². The van der Waals surface area contributed by atoms with E-state index < -0.39 is 11.4 Å². The van der Waals surface area contributed by atoms with E-state index in [2.05, 4.69) is 0 Å². The van der Waals surface area contributed by atoms with Crippen molar-refractivity contribution in [2.45, 2.75) is 19.8 Å². The zero-order valence-electron chi connectivity index (χ0n) is 11.2. The topological polar surface area (TPSA) is 83.6 Å². The summed E-state index contributed by atoms with van der Waals surface area (Å²) in [6.45, 7) is 2.57. The van der Waals surface area contributed by atoms with Crippen LogP contribution in [0.1, 0.15) is 30.1 Å². The van der Waals surface area contributed by atoms with Crippen LogP contribution >= 0.6 is 11.6 Å². The molecule has 1 saturated heterocycles. The zero-order valence-corrected chi connectivity index (χ0v) is 12.0. The van der Waals surface area contributed by atoms with Crippen LogP contribution in [0, 0.1) is 5.41 Å². The van der Waals surface area contributed by atoms with E-state index in [0.29, 0.717) is 42.2 Å². The van der Waals surface area contributed by atoms with Crippen LogP contribution in [0.5, 0.6) is 0 Å². The Bertz CT molecular complexity index is 531. The molecule has 0 spiro atoms. The quantitative estimate of drug-likeness (QED) is 0.820. The molecule has 0 radical (unpaired) electrons. The SMILES string of the molecule is CC1(C(=O)O)CCN(C(=O)c2cc(N)cc(Cl)c2)CC1. The van der Waals surface area contributed by atoms with Gasteiger partial charge in [0.25, 0.3) is 5.91 Å². The molecular weight excluding hydrogens is 280 g/mol. The van der Waals surface area contributed by atoms with E-state index >= 15 is 0 Å². The molecule has 0 unspecified atom stereocenters. The molecule has 2 rings (SSSR count). The van der Waals surface area contributed by atoms with Gasteiger partial charge in [-0.1, -0.05) is 11.6 Å². The summed E-state index contributed by atoms with van der Waals surface area (Å²) in [6.07, 6.45) is 0.897. The van der Waals surface area contributed by atoms with Gasteiger partial charge < -0.3 is 15.7 Å². The van der Waals surface area contributed by atoms with Gasteiger partial charge in [0.15, 0.2) is 0 Å². The second-order valence-electron chi connectivity index (χ2n) is 5.43. The van der Waals surface area contributed by atoms with E-state index in [1.165, 1.54) is 0 Å². The molecule has 0 atom stereocenters. The Balaban J connectivity index is 2.10. The third kappa shape index (κ3) is 2.88. The molecule has 3 N–H and O–H groups in total. The first-order chi connectivity index (χ1) is 9.32. The van der Waals surface area contributed by atoms with Crippen molar-refractivity contribution in [3.05, 3.63) is 28.8 Å². The van der Waals surface area contributed by atoms with Crippen LogP contribution in [-0.2, 0) is 4.79 Å². The number of halogens is 1. The van der Waals surface area contributed by atoms with E-state index in [1.807, 2.05) is 0 Å². The number of nitrogen functional groups attached to an aromatic ring is 1. The van der Waals surface area contributed by atoms with Gasteiger partial charge in [-0.15, -0.1) is 0 Å². The summed E-state index contributed by atoms with van der Waals surface area (Å²) in [5.41, 5.74) is 5.81. The smallest absolute Gasteiger partial charge is 0.309 e. The molecule has 6 heteroatoms. The molecule has 0 bridgehead atoms. The van der Waals surface area contributed by atoms with Gasteiger partial charge in [-0.3, -0.25) is 9.59 Å². The van der Waals surface area contributed by atoms with Gasteiger partial charge in [0, 0.05) is 29.4 Å². The van der Waals surface area contributed by atoms with Gasteiger partial charge in [-0.25, -0.2) is 0 Å². The number of likely N-dealkylation sites (tertiary alicyclic amines) is 1. The fourth-order valence-corrected chi connectivity index (χ4v) is 2.58. The van der Waals surface area contributed by atoms with Crippen molar-refractivity contribution in [2.24, 2.45) is 5.41 Å². The summed E-state index contributed by atoms with van der Waals surface area (Å²) >= 11 is 5.89. The Hall–Kier alpha value is -1.75. The highest BCUT2D eigenvalue weighted by Gasteiger charge is 2.38. The predicted molar refractivity (Wildman–Crippen MR) is 76.7 cm³/mol. The number of piperidine rings is 1. The molecule has 0 saturated carbocycles. The molecule has 0 aliphatic carbocycles. The van der Waals surface area contributed by atoms with Gasteiger partial charge in [0.1, 0.15) is 0 Å². The number of nitrogens with two attached hydrogens (primary N) is 1. The first-order valence-corrected chi connectivity index (χ1v) is 6.78. The van der Waals surface area contributed by atoms with Crippen molar-refractivity contribution < 1.29 is 14.7 Å². The van der Waals surface area contributed by atoms with Crippen molar-refractivity contribution in [1.29, 1.82) is 0 Å². The molecule has 5 nitrogen and oxygen atoms in total. The number of carbonyl (C=O) groups is 2. The van der Waals surface area contributed by atoms with Crippen LogP contribution < -0.4 is 5.73 Å². The molecule has 1 aliphatic heterocycles. The molecule has 1 fully saturated rings. The van der Waals surface area contributed by atoms with Crippen LogP contribution in [-0.4, -0.2) is 35.0 Å². The van der Waals surface area contributed by atoms with Crippen LogP contribution in [0.15, 0.2) is 18.2 Å². The molecule has 0 aromatic heterocycles. The van der Waals surface area contributed by atoms with Gasteiger partial charge in [-0.2, -0.15) is 0 Å². The number of carboxylic acids is 1. The van der Waals surface area contributed by atoms with Crippen molar-refractivity contribution in [1.82, 2.24) is 4.90 Å². The number of amides is 1. The maximum Gasteiger partial charge on any atom is 0.309 e. The lowest BCUT2D eigenvalue weighted by molar-refractivity contribution is -0.150. The number of rotatable bonds is 2. The maximum absolute atomic E-state index is 12.3. The van der Waals surface area contributed by atoms with Crippen molar-refractivity contribution in [3.8, 4) is 0 Å². The number of hydrogen-bond donors (Lipinski definition) is 2. The van der Waals surface area contributed by atoms with Gasteiger partial charge >= 0.3 is 5.97 Å². The lowest BCUT2D eigenvalue weighted by atomic mass is 9.80. The molecule has 1 aliphatic rings. The normalized spacial score (nSPS) is 17.8. The zero-order chi connectivity index (χ0) is 14.9. The van der Waals surface area contributed by atoms with Crippen LogP contribution in [0.25, 0.3) is 0 Å². The van der Waals surface area contributed by atoms with Gasteiger partial charge in [-0.05, 0) is 38.0 Å². The summed E-state index contributed by atoms with van der Waals surface area (Å²) < 4.78 is 0. The highest BCUT2D eigenvalue weighted by atomic mass is 35.5. The number of aliphatic carboxylic acids is 1. The Morgan fingerprint density at radius 3 is 2.40 bits per heavy atom. The van der Waals surface area contributed by atoms with E-state index in [9.17, 15) is 14.7 Å². The molecular formula is C14H17ClN2O3. The largest absolute Gasteiger partial charge is 0.481 e. The molecule has 1 aromatic carbocycles. The number of nitrogens with zero attached hydrogens (tertiary/aromatic N) is 1. The number of hydrogen-bond acceptors (Lipinski definition) is 3. The van der Waals surface area contributed by atoms with Gasteiger partial charge in [0.05, 0.1) is 5.41 Å². The first-order valence-electron chi connectivity index (χ1n) is 6.40. The fourth-order valence-electron chi connectivity index (χ4n) is 2.34. The third-order valence-corrected chi connectivity index (χ3v) is 4.06. The second-order valence-corrected chi connectivity index (χ2v) is 5.87. The number of benzene rings is 1. The maximum atomic E-state index is 12.3. The molecule has 108 valence electrons. The minimum absolute atomic E-state index is 0.161. The Morgan fingerprint density at radius 1 is 1.30 bits per heavy atom. The van der Waals surface area contributed by atoms with Crippen molar-refractivity contribution >= 4 is 29.2 Å². The lowest BCUT2D eigenvalue weighted by Crippen LogP contribution is -2.45. The molecule has 20 heavy (non-hydrogen) atoms. The fraction of sp³-hybridized carbons (Fsp3) is 0.429. The monoisotopic (exact) mass is 296 g/mol. The predicted octanol–water partition coefficient (Wildman–Crippen LogP) is 2.25. The highest BCUT2D eigenvalue weighted by Crippen LogP contribution is 2.31. The Kier molecular flexibility index (Phi) is 3.90.